The molecule has 4 nitrogen and oxygen atoms in total. The van der Waals surface area contributed by atoms with Gasteiger partial charge in [0.05, 0.1) is 11.6 Å². The number of fused-ring (bicyclic) bond motifs is 1. The van der Waals surface area contributed by atoms with Crippen molar-refractivity contribution in [2.75, 3.05) is 20.7 Å². The summed E-state index contributed by atoms with van der Waals surface area (Å²) in [4.78, 5) is 17.4. The minimum absolute atomic E-state index is 0.00845. The molecule has 0 saturated carbocycles. The highest BCUT2D eigenvalue weighted by atomic mass is 16.5. The maximum Gasteiger partial charge on any atom is 0.248 e. The van der Waals surface area contributed by atoms with Crippen molar-refractivity contribution >= 4 is 0 Å². The second-order valence-corrected chi connectivity index (χ2v) is 7.21. The zero-order chi connectivity index (χ0) is 15.5. The summed E-state index contributed by atoms with van der Waals surface area (Å²) >= 11 is 0. The standard InChI is InChI=1S/C18H24N2O2/c1-11-8-12-9-14-13(4-5-16(21)19-14)18(10-11)17(12)15(22-3)6-7-20(18)2/h4-5,8,12,15,17H,6-7,9-10H2,1-3H3,(H,19,21). The molecule has 0 spiro atoms. The molecule has 3 aliphatic rings. The number of allylic oxidation sites excluding steroid dienone is 1. The SMILES string of the molecule is COC1CCN(C)C23CC(C)=CC(Cc4[nH]c(=O)ccc42)C13. The molecule has 1 aromatic heterocycles. The molecule has 4 heteroatoms. The Labute approximate surface area is 131 Å². The monoisotopic (exact) mass is 300 g/mol. The van der Waals surface area contributed by atoms with E-state index >= 15 is 0 Å². The number of ether oxygens (including phenoxy) is 1. The van der Waals surface area contributed by atoms with Crippen LogP contribution in [0.25, 0.3) is 0 Å². The Morgan fingerprint density at radius 3 is 3.00 bits per heavy atom. The number of methoxy groups -OCH3 is 1. The lowest BCUT2D eigenvalue weighted by atomic mass is 9.55. The Morgan fingerprint density at radius 1 is 1.41 bits per heavy atom. The maximum absolute atomic E-state index is 11.8. The van der Waals surface area contributed by atoms with E-state index in [1.165, 1.54) is 11.1 Å². The van der Waals surface area contributed by atoms with Gasteiger partial charge < -0.3 is 9.72 Å². The fourth-order valence-corrected chi connectivity index (χ4v) is 5.35. The van der Waals surface area contributed by atoms with Crippen LogP contribution < -0.4 is 5.56 Å². The minimum Gasteiger partial charge on any atom is -0.381 e. The number of nitrogens with zero attached hydrogens (tertiary/aromatic N) is 1. The number of likely N-dealkylation sites (tertiary alicyclic amines) is 1. The van der Waals surface area contributed by atoms with Crippen LogP contribution in [0, 0.1) is 11.8 Å². The van der Waals surface area contributed by atoms with Gasteiger partial charge in [-0.25, -0.2) is 0 Å². The zero-order valence-corrected chi connectivity index (χ0v) is 13.6. The maximum atomic E-state index is 11.8. The van der Waals surface area contributed by atoms with Crippen molar-refractivity contribution in [3.8, 4) is 0 Å². The van der Waals surface area contributed by atoms with Crippen LogP contribution in [0.1, 0.15) is 31.0 Å². The van der Waals surface area contributed by atoms with Crippen molar-refractivity contribution in [2.24, 2.45) is 11.8 Å². The molecule has 1 fully saturated rings. The largest absolute Gasteiger partial charge is 0.381 e. The van der Waals surface area contributed by atoms with Crippen LogP contribution in [0.3, 0.4) is 0 Å². The summed E-state index contributed by atoms with van der Waals surface area (Å²) in [6, 6.07) is 3.74. The van der Waals surface area contributed by atoms with Crippen LogP contribution in [-0.4, -0.2) is 36.7 Å². The first kappa shape index (κ1) is 14.2. The third-order valence-electron chi connectivity index (χ3n) is 6.10. The van der Waals surface area contributed by atoms with E-state index in [2.05, 4.69) is 36.0 Å². The summed E-state index contributed by atoms with van der Waals surface area (Å²) < 4.78 is 5.89. The molecule has 118 valence electrons. The number of hydrogen-bond donors (Lipinski definition) is 1. The van der Waals surface area contributed by atoms with Crippen molar-refractivity contribution in [1.82, 2.24) is 9.88 Å². The highest BCUT2D eigenvalue weighted by Crippen LogP contribution is 2.56. The van der Waals surface area contributed by atoms with E-state index in [4.69, 9.17) is 4.74 Å². The lowest BCUT2D eigenvalue weighted by Gasteiger charge is -2.60. The van der Waals surface area contributed by atoms with Gasteiger partial charge in [0, 0.05) is 31.3 Å². The zero-order valence-electron chi connectivity index (χ0n) is 13.6. The summed E-state index contributed by atoms with van der Waals surface area (Å²) in [5, 5.41) is 0. The van der Waals surface area contributed by atoms with E-state index in [0.29, 0.717) is 17.9 Å². The van der Waals surface area contributed by atoms with E-state index in [0.717, 1.165) is 31.5 Å². The number of piperidine rings is 1. The van der Waals surface area contributed by atoms with Crippen LogP contribution >= 0.6 is 0 Å². The summed E-state index contributed by atoms with van der Waals surface area (Å²) in [7, 11) is 4.08. The fraction of sp³-hybridized carbons (Fsp3) is 0.611. The van der Waals surface area contributed by atoms with E-state index < -0.39 is 0 Å². The van der Waals surface area contributed by atoms with Crippen LogP contribution in [-0.2, 0) is 16.7 Å². The summed E-state index contributed by atoms with van der Waals surface area (Å²) in [6.45, 7) is 3.28. The molecule has 1 saturated heterocycles. The van der Waals surface area contributed by atoms with Gasteiger partial charge in [0.15, 0.2) is 0 Å². The number of aromatic amines is 1. The normalized spacial score (nSPS) is 37.2. The van der Waals surface area contributed by atoms with Crippen molar-refractivity contribution in [2.45, 2.75) is 37.8 Å². The van der Waals surface area contributed by atoms with Gasteiger partial charge in [0.2, 0.25) is 5.56 Å². The predicted octanol–water partition coefficient (Wildman–Crippen LogP) is 2.06. The van der Waals surface area contributed by atoms with E-state index in [9.17, 15) is 4.79 Å². The quantitative estimate of drug-likeness (QED) is 0.808. The highest BCUT2D eigenvalue weighted by Gasteiger charge is 2.57. The summed E-state index contributed by atoms with van der Waals surface area (Å²) in [5.41, 5.74) is 3.88. The lowest BCUT2D eigenvalue weighted by molar-refractivity contribution is -0.115. The molecular formula is C18H24N2O2. The predicted molar refractivity (Wildman–Crippen MR) is 85.8 cm³/mol. The molecule has 2 heterocycles. The molecule has 0 aromatic carbocycles. The highest BCUT2D eigenvalue weighted by molar-refractivity contribution is 5.40. The molecule has 22 heavy (non-hydrogen) atoms. The van der Waals surface area contributed by atoms with Crippen molar-refractivity contribution in [1.29, 1.82) is 0 Å². The molecule has 2 bridgehead atoms. The number of hydrogen-bond acceptors (Lipinski definition) is 3. The Bertz CT molecular complexity index is 693. The van der Waals surface area contributed by atoms with Crippen LogP contribution in [0.4, 0.5) is 0 Å². The molecule has 0 radical (unpaired) electrons. The van der Waals surface area contributed by atoms with Crippen LogP contribution in [0.5, 0.6) is 0 Å². The third kappa shape index (κ3) is 1.74. The summed E-state index contributed by atoms with van der Waals surface area (Å²) in [5.74, 6) is 0.922. The van der Waals surface area contributed by atoms with E-state index in [1.807, 2.05) is 7.11 Å². The number of aromatic nitrogens is 1. The molecule has 2 aliphatic carbocycles. The number of pyridine rings is 1. The van der Waals surface area contributed by atoms with Gasteiger partial charge in [-0.2, -0.15) is 0 Å². The van der Waals surface area contributed by atoms with Crippen molar-refractivity contribution < 1.29 is 4.74 Å². The molecule has 4 atom stereocenters. The smallest absolute Gasteiger partial charge is 0.248 e. The molecular weight excluding hydrogens is 276 g/mol. The molecule has 4 rings (SSSR count). The Balaban J connectivity index is 1.98. The van der Waals surface area contributed by atoms with Gasteiger partial charge in [-0.1, -0.05) is 11.6 Å². The second kappa shape index (κ2) is 4.80. The van der Waals surface area contributed by atoms with Crippen molar-refractivity contribution in [3.63, 3.8) is 0 Å². The number of nitrogens with one attached hydrogen (secondary N) is 1. The average Bonchev–Trinajstić information content (AvgIpc) is 2.47. The molecule has 0 amide bonds. The average molecular weight is 300 g/mol. The third-order valence-corrected chi connectivity index (χ3v) is 6.10. The van der Waals surface area contributed by atoms with Gasteiger partial charge in [-0.15, -0.1) is 0 Å². The van der Waals surface area contributed by atoms with Gasteiger partial charge in [-0.05, 0) is 50.8 Å². The van der Waals surface area contributed by atoms with E-state index in [1.54, 1.807) is 6.07 Å². The van der Waals surface area contributed by atoms with Crippen LogP contribution in [0.2, 0.25) is 0 Å². The van der Waals surface area contributed by atoms with Gasteiger partial charge in [0.25, 0.3) is 0 Å². The van der Waals surface area contributed by atoms with Crippen molar-refractivity contribution in [3.05, 3.63) is 45.4 Å². The Hall–Kier alpha value is -1.39. The first-order valence-electron chi connectivity index (χ1n) is 8.20. The topological polar surface area (TPSA) is 45.3 Å². The number of H-pyrrole nitrogens is 1. The summed E-state index contributed by atoms with van der Waals surface area (Å²) in [6.07, 6.45) is 5.75. The molecule has 1 aliphatic heterocycles. The lowest BCUT2D eigenvalue weighted by Crippen LogP contribution is -2.64. The second-order valence-electron chi connectivity index (χ2n) is 7.21. The van der Waals surface area contributed by atoms with Gasteiger partial charge in [-0.3, -0.25) is 9.69 Å². The van der Waals surface area contributed by atoms with Gasteiger partial charge in [0.1, 0.15) is 0 Å². The molecule has 4 unspecified atom stereocenters. The minimum atomic E-state index is -0.0276. The molecule has 1 aromatic rings. The first-order valence-corrected chi connectivity index (χ1v) is 8.20. The van der Waals surface area contributed by atoms with E-state index in [-0.39, 0.29) is 11.1 Å². The molecule has 1 N–H and O–H groups in total. The fourth-order valence-electron chi connectivity index (χ4n) is 5.35. The Morgan fingerprint density at radius 2 is 2.23 bits per heavy atom. The van der Waals surface area contributed by atoms with Crippen LogP contribution in [0.15, 0.2) is 28.6 Å². The number of rotatable bonds is 1. The first-order chi connectivity index (χ1) is 10.6. The Kier molecular flexibility index (Phi) is 3.10. The van der Waals surface area contributed by atoms with Gasteiger partial charge >= 0.3 is 0 Å².